The third kappa shape index (κ3) is 7.18. The second kappa shape index (κ2) is 12.6. The number of nitrogens with zero attached hydrogens (tertiary/aromatic N) is 4. The summed E-state index contributed by atoms with van der Waals surface area (Å²) in [5.74, 6) is 1.12. The van der Waals surface area contributed by atoms with Crippen molar-refractivity contribution in [2.24, 2.45) is 5.92 Å². The molecule has 1 aromatic rings. The Labute approximate surface area is 188 Å². The van der Waals surface area contributed by atoms with Crippen LogP contribution in [0.15, 0.2) is 48.2 Å². The van der Waals surface area contributed by atoms with Crippen LogP contribution >= 0.6 is 0 Å². The predicted octanol–water partition coefficient (Wildman–Crippen LogP) is 3.62. The maximum Gasteiger partial charge on any atom is 0.249 e. The zero-order valence-electron chi connectivity index (χ0n) is 20.0. The Kier molecular flexibility index (Phi) is 10.2. The maximum atomic E-state index is 12.8. The lowest BCUT2D eigenvalue weighted by molar-refractivity contribution is -0.126. The van der Waals surface area contributed by atoms with Gasteiger partial charge in [0, 0.05) is 70.6 Å². The topological polar surface area (TPSA) is 48.9 Å². The van der Waals surface area contributed by atoms with E-state index in [1.165, 1.54) is 0 Å². The minimum Gasteiger partial charge on any atom is -0.373 e. The van der Waals surface area contributed by atoms with Crippen LogP contribution in [-0.2, 0) is 9.53 Å². The fourth-order valence-corrected chi connectivity index (χ4v) is 4.04. The van der Waals surface area contributed by atoms with Crippen LogP contribution in [0.3, 0.4) is 0 Å². The summed E-state index contributed by atoms with van der Waals surface area (Å²) in [5, 5.41) is 0. The van der Waals surface area contributed by atoms with Gasteiger partial charge in [0.2, 0.25) is 5.91 Å². The van der Waals surface area contributed by atoms with Crippen molar-refractivity contribution in [3.63, 3.8) is 0 Å². The van der Waals surface area contributed by atoms with Crippen LogP contribution < -0.4 is 4.90 Å². The molecule has 0 N–H and O–H groups in total. The Bertz CT molecular complexity index is 722. The first-order chi connectivity index (χ1) is 14.9. The lowest BCUT2D eigenvalue weighted by Gasteiger charge is -2.35. The molecule has 6 nitrogen and oxygen atoms in total. The van der Waals surface area contributed by atoms with Gasteiger partial charge in [0.25, 0.3) is 0 Å². The molecule has 0 spiro atoms. The van der Waals surface area contributed by atoms with Gasteiger partial charge in [-0.25, -0.2) is 4.98 Å². The molecular weight excluding hydrogens is 388 g/mol. The number of carbonyl (C=O) groups excluding carboxylic acids is 1. The number of carbonyl (C=O) groups is 1. The minimum absolute atomic E-state index is 0.0223. The summed E-state index contributed by atoms with van der Waals surface area (Å²) in [4.78, 5) is 23.8. The van der Waals surface area contributed by atoms with Gasteiger partial charge in [-0.15, -0.1) is 6.58 Å². The van der Waals surface area contributed by atoms with Gasteiger partial charge in [-0.3, -0.25) is 9.69 Å². The molecule has 0 aromatic carbocycles. The number of likely N-dealkylation sites (N-methyl/N-ethyl adjacent to an activating group) is 1. The molecule has 2 unspecified atom stereocenters. The van der Waals surface area contributed by atoms with E-state index in [1.54, 1.807) is 4.90 Å². The van der Waals surface area contributed by atoms with Gasteiger partial charge in [-0.1, -0.05) is 24.6 Å². The SMILES string of the molecule is C=CC(OCCCN1CCN(c2ccccn2)CC1)C(C)C(C(=O)N(C)CC)=C(C)C. The summed E-state index contributed by atoms with van der Waals surface area (Å²) in [5.41, 5.74) is 1.87. The highest BCUT2D eigenvalue weighted by Crippen LogP contribution is 2.24. The minimum atomic E-state index is -0.167. The largest absolute Gasteiger partial charge is 0.373 e. The van der Waals surface area contributed by atoms with Gasteiger partial charge < -0.3 is 14.5 Å². The highest BCUT2D eigenvalue weighted by Gasteiger charge is 2.27. The summed E-state index contributed by atoms with van der Waals surface area (Å²) in [7, 11) is 1.84. The number of ether oxygens (including phenoxy) is 1. The Balaban J connectivity index is 1.78. The third-order valence-electron chi connectivity index (χ3n) is 6.05. The van der Waals surface area contributed by atoms with Crippen molar-refractivity contribution in [2.45, 2.75) is 40.2 Å². The standard InChI is InChI=1S/C25H40N4O2/c1-7-22(21(5)24(20(3)4)25(30)27(6)8-2)31-19-11-14-28-15-17-29(18-16-28)23-12-9-10-13-26-23/h7,9-10,12-13,21-22H,1,8,11,14-19H2,2-6H3. The van der Waals surface area contributed by atoms with E-state index in [2.05, 4.69) is 34.4 Å². The normalized spacial score (nSPS) is 16.5. The summed E-state index contributed by atoms with van der Waals surface area (Å²) in [6, 6.07) is 6.07. The van der Waals surface area contributed by atoms with E-state index in [0.717, 1.165) is 56.1 Å². The van der Waals surface area contributed by atoms with Crippen LogP contribution in [0.2, 0.25) is 0 Å². The molecule has 172 valence electrons. The van der Waals surface area contributed by atoms with Crippen molar-refractivity contribution < 1.29 is 9.53 Å². The highest BCUT2D eigenvalue weighted by atomic mass is 16.5. The number of pyridine rings is 1. The average molecular weight is 429 g/mol. The van der Waals surface area contributed by atoms with Crippen molar-refractivity contribution >= 4 is 11.7 Å². The van der Waals surface area contributed by atoms with Crippen molar-refractivity contribution in [2.75, 3.05) is 57.8 Å². The van der Waals surface area contributed by atoms with E-state index in [-0.39, 0.29) is 17.9 Å². The van der Waals surface area contributed by atoms with E-state index >= 15 is 0 Å². The van der Waals surface area contributed by atoms with Gasteiger partial charge >= 0.3 is 0 Å². The number of aromatic nitrogens is 1. The number of hydrogen-bond donors (Lipinski definition) is 0. The first-order valence-corrected chi connectivity index (χ1v) is 11.4. The molecule has 2 rings (SSSR count). The molecule has 0 radical (unpaired) electrons. The molecule has 1 aromatic heterocycles. The molecule has 2 atom stereocenters. The number of allylic oxidation sites excluding steroid dienone is 1. The quantitative estimate of drug-likeness (QED) is 0.306. The van der Waals surface area contributed by atoms with Crippen molar-refractivity contribution in [3.8, 4) is 0 Å². The molecule has 0 bridgehead atoms. The molecule has 1 fully saturated rings. The molecule has 1 saturated heterocycles. The number of piperazine rings is 1. The fourth-order valence-electron chi connectivity index (χ4n) is 4.04. The van der Waals surface area contributed by atoms with E-state index in [1.807, 2.05) is 52.2 Å². The first kappa shape index (κ1) is 25.1. The van der Waals surface area contributed by atoms with Crippen molar-refractivity contribution in [1.29, 1.82) is 0 Å². The van der Waals surface area contributed by atoms with Gasteiger partial charge in [0.1, 0.15) is 5.82 Å². The molecule has 6 heteroatoms. The van der Waals surface area contributed by atoms with Gasteiger partial charge in [-0.2, -0.15) is 0 Å². The van der Waals surface area contributed by atoms with E-state index < -0.39 is 0 Å². The van der Waals surface area contributed by atoms with Crippen LogP contribution in [0.1, 0.15) is 34.1 Å². The molecule has 2 heterocycles. The number of hydrogen-bond acceptors (Lipinski definition) is 5. The van der Waals surface area contributed by atoms with E-state index in [0.29, 0.717) is 13.2 Å². The Morgan fingerprint density at radius 2 is 2.00 bits per heavy atom. The van der Waals surface area contributed by atoms with Crippen LogP contribution in [0, 0.1) is 5.92 Å². The Hall–Kier alpha value is -2.18. The summed E-state index contributed by atoms with van der Waals surface area (Å²) in [6.45, 7) is 18.5. The molecular formula is C25H40N4O2. The van der Waals surface area contributed by atoms with Crippen LogP contribution in [0.25, 0.3) is 0 Å². The number of amides is 1. The van der Waals surface area contributed by atoms with Crippen LogP contribution in [0.5, 0.6) is 0 Å². The lowest BCUT2D eigenvalue weighted by atomic mass is 9.90. The van der Waals surface area contributed by atoms with E-state index in [4.69, 9.17) is 4.74 Å². The summed E-state index contributed by atoms with van der Waals surface area (Å²) in [6.07, 6.45) is 4.48. The van der Waals surface area contributed by atoms with Crippen molar-refractivity contribution in [1.82, 2.24) is 14.8 Å². The number of rotatable bonds is 11. The summed E-state index contributed by atoms with van der Waals surface area (Å²) >= 11 is 0. The van der Waals surface area contributed by atoms with Crippen molar-refractivity contribution in [3.05, 3.63) is 48.2 Å². The summed E-state index contributed by atoms with van der Waals surface area (Å²) < 4.78 is 6.16. The smallest absolute Gasteiger partial charge is 0.249 e. The predicted molar refractivity (Wildman–Crippen MR) is 128 cm³/mol. The molecule has 0 saturated carbocycles. The first-order valence-electron chi connectivity index (χ1n) is 11.4. The monoisotopic (exact) mass is 428 g/mol. The zero-order valence-corrected chi connectivity index (χ0v) is 20.0. The lowest BCUT2D eigenvalue weighted by Crippen LogP contribution is -2.47. The maximum absolute atomic E-state index is 12.8. The Morgan fingerprint density at radius 3 is 2.55 bits per heavy atom. The molecule has 1 aliphatic rings. The number of anilines is 1. The molecule has 0 aliphatic carbocycles. The second-order valence-corrected chi connectivity index (χ2v) is 8.46. The average Bonchev–Trinajstić information content (AvgIpc) is 2.79. The molecule has 1 aliphatic heterocycles. The van der Waals surface area contributed by atoms with E-state index in [9.17, 15) is 4.79 Å². The van der Waals surface area contributed by atoms with Crippen LogP contribution in [0.4, 0.5) is 5.82 Å². The molecule has 31 heavy (non-hydrogen) atoms. The van der Waals surface area contributed by atoms with Gasteiger partial charge in [0.15, 0.2) is 0 Å². The third-order valence-corrected chi connectivity index (χ3v) is 6.05. The van der Waals surface area contributed by atoms with Gasteiger partial charge in [-0.05, 0) is 39.3 Å². The fraction of sp³-hybridized carbons (Fsp3) is 0.600. The second-order valence-electron chi connectivity index (χ2n) is 8.46. The Morgan fingerprint density at radius 1 is 1.29 bits per heavy atom. The molecule has 1 amide bonds. The highest BCUT2D eigenvalue weighted by molar-refractivity contribution is 5.94. The zero-order chi connectivity index (χ0) is 22.8. The van der Waals surface area contributed by atoms with Crippen LogP contribution in [-0.4, -0.2) is 79.7 Å². The van der Waals surface area contributed by atoms with Gasteiger partial charge in [0.05, 0.1) is 6.10 Å².